The Labute approximate surface area is 123 Å². The lowest BCUT2D eigenvalue weighted by atomic mass is 10.0. The number of piperidine rings is 1. The standard InChI is InChI=1S/C15H20F2N2O2/c1-2-19(12-7-9-18-10-8-12)14(20)11-3-5-13(6-4-11)21-15(16)17/h3-6,12,15,18H,2,7-10H2,1H3. The molecule has 0 aromatic heterocycles. The van der Waals surface area contributed by atoms with Gasteiger partial charge in [-0.05, 0) is 57.1 Å². The molecule has 0 saturated carbocycles. The number of rotatable bonds is 5. The van der Waals surface area contributed by atoms with E-state index in [1.807, 2.05) is 11.8 Å². The third kappa shape index (κ3) is 4.14. The van der Waals surface area contributed by atoms with Crippen molar-refractivity contribution in [2.45, 2.75) is 32.4 Å². The molecule has 0 atom stereocenters. The van der Waals surface area contributed by atoms with Gasteiger partial charge < -0.3 is 15.0 Å². The van der Waals surface area contributed by atoms with Crippen LogP contribution in [0.15, 0.2) is 24.3 Å². The minimum atomic E-state index is -2.85. The molecule has 2 rings (SSSR count). The molecule has 116 valence electrons. The van der Waals surface area contributed by atoms with E-state index in [0.29, 0.717) is 12.1 Å². The van der Waals surface area contributed by atoms with Crippen LogP contribution < -0.4 is 10.1 Å². The maximum absolute atomic E-state index is 12.5. The molecule has 1 aliphatic heterocycles. The lowest BCUT2D eigenvalue weighted by Crippen LogP contribution is -2.46. The third-order valence-corrected chi connectivity index (χ3v) is 3.68. The molecular weight excluding hydrogens is 278 g/mol. The lowest BCUT2D eigenvalue weighted by molar-refractivity contribution is -0.0498. The van der Waals surface area contributed by atoms with Crippen molar-refractivity contribution in [2.24, 2.45) is 0 Å². The first kappa shape index (κ1) is 15.7. The van der Waals surface area contributed by atoms with Gasteiger partial charge in [-0.3, -0.25) is 4.79 Å². The van der Waals surface area contributed by atoms with Gasteiger partial charge in [0.05, 0.1) is 0 Å². The van der Waals surface area contributed by atoms with Gasteiger partial charge in [-0.2, -0.15) is 8.78 Å². The summed E-state index contributed by atoms with van der Waals surface area (Å²) >= 11 is 0. The zero-order valence-corrected chi connectivity index (χ0v) is 12.0. The number of amides is 1. The van der Waals surface area contributed by atoms with E-state index < -0.39 is 6.61 Å². The van der Waals surface area contributed by atoms with E-state index in [-0.39, 0.29) is 17.7 Å². The van der Waals surface area contributed by atoms with Crippen LogP contribution in [0.4, 0.5) is 8.78 Å². The maximum Gasteiger partial charge on any atom is 0.387 e. The summed E-state index contributed by atoms with van der Waals surface area (Å²) in [7, 11) is 0. The maximum atomic E-state index is 12.5. The molecule has 1 heterocycles. The number of ether oxygens (including phenoxy) is 1. The molecule has 0 bridgehead atoms. The summed E-state index contributed by atoms with van der Waals surface area (Å²) < 4.78 is 28.5. The Morgan fingerprint density at radius 3 is 2.48 bits per heavy atom. The molecule has 6 heteroatoms. The predicted molar refractivity (Wildman–Crippen MR) is 75.7 cm³/mol. The average molecular weight is 298 g/mol. The molecule has 0 unspecified atom stereocenters. The molecule has 21 heavy (non-hydrogen) atoms. The van der Waals surface area contributed by atoms with Crippen LogP contribution in [0.5, 0.6) is 5.75 Å². The fraction of sp³-hybridized carbons (Fsp3) is 0.533. The quantitative estimate of drug-likeness (QED) is 0.908. The van der Waals surface area contributed by atoms with Crippen LogP contribution in [0, 0.1) is 0 Å². The minimum Gasteiger partial charge on any atom is -0.435 e. The van der Waals surface area contributed by atoms with Crippen LogP contribution in [0.1, 0.15) is 30.1 Å². The average Bonchev–Trinajstić information content (AvgIpc) is 2.49. The molecule has 1 N–H and O–H groups in total. The smallest absolute Gasteiger partial charge is 0.387 e. The Balaban J connectivity index is 2.06. The van der Waals surface area contributed by atoms with Crippen molar-refractivity contribution in [1.29, 1.82) is 0 Å². The number of nitrogens with zero attached hydrogens (tertiary/aromatic N) is 1. The van der Waals surface area contributed by atoms with E-state index in [4.69, 9.17) is 0 Å². The highest BCUT2D eigenvalue weighted by Gasteiger charge is 2.24. The number of halogens is 2. The van der Waals surface area contributed by atoms with Crippen molar-refractivity contribution in [3.63, 3.8) is 0 Å². The van der Waals surface area contributed by atoms with Crippen molar-refractivity contribution in [3.05, 3.63) is 29.8 Å². The number of benzene rings is 1. The van der Waals surface area contributed by atoms with Crippen molar-refractivity contribution in [1.82, 2.24) is 10.2 Å². The van der Waals surface area contributed by atoms with Gasteiger partial charge >= 0.3 is 6.61 Å². The highest BCUT2D eigenvalue weighted by atomic mass is 19.3. The van der Waals surface area contributed by atoms with Gasteiger partial charge in [-0.15, -0.1) is 0 Å². The van der Waals surface area contributed by atoms with Gasteiger partial charge in [-0.25, -0.2) is 0 Å². The van der Waals surface area contributed by atoms with E-state index in [9.17, 15) is 13.6 Å². The van der Waals surface area contributed by atoms with Gasteiger partial charge in [-0.1, -0.05) is 0 Å². The second-order valence-electron chi connectivity index (χ2n) is 4.98. The minimum absolute atomic E-state index is 0.0615. The molecular formula is C15H20F2N2O2. The van der Waals surface area contributed by atoms with Crippen molar-refractivity contribution in [2.75, 3.05) is 19.6 Å². The van der Waals surface area contributed by atoms with Crippen LogP contribution in [-0.4, -0.2) is 43.1 Å². The summed E-state index contributed by atoms with van der Waals surface area (Å²) in [6.45, 7) is 1.56. The zero-order chi connectivity index (χ0) is 15.2. The summed E-state index contributed by atoms with van der Waals surface area (Å²) in [6, 6.07) is 6.10. The first-order chi connectivity index (χ1) is 10.1. The van der Waals surface area contributed by atoms with Gasteiger partial charge in [0.25, 0.3) is 5.91 Å². The Morgan fingerprint density at radius 2 is 1.95 bits per heavy atom. The molecule has 0 radical (unpaired) electrons. The highest BCUT2D eigenvalue weighted by molar-refractivity contribution is 5.94. The van der Waals surface area contributed by atoms with E-state index >= 15 is 0 Å². The molecule has 1 aromatic rings. The van der Waals surface area contributed by atoms with E-state index in [0.717, 1.165) is 25.9 Å². The summed E-state index contributed by atoms with van der Waals surface area (Å²) in [5.74, 6) is -0.000498. The van der Waals surface area contributed by atoms with Gasteiger partial charge in [0, 0.05) is 18.2 Å². The van der Waals surface area contributed by atoms with Gasteiger partial charge in [0.2, 0.25) is 0 Å². The van der Waals surface area contributed by atoms with E-state index in [1.54, 1.807) is 0 Å². The number of carbonyl (C=O) groups is 1. The molecule has 1 aromatic carbocycles. The Kier molecular flexibility index (Phi) is 5.50. The van der Waals surface area contributed by atoms with Crippen LogP contribution >= 0.6 is 0 Å². The van der Waals surface area contributed by atoms with Crippen LogP contribution in [-0.2, 0) is 0 Å². The summed E-state index contributed by atoms with van der Waals surface area (Å²) in [4.78, 5) is 14.4. The largest absolute Gasteiger partial charge is 0.435 e. The first-order valence-electron chi connectivity index (χ1n) is 7.18. The normalized spacial score (nSPS) is 16.0. The molecule has 1 fully saturated rings. The Morgan fingerprint density at radius 1 is 1.33 bits per heavy atom. The van der Waals surface area contributed by atoms with E-state index in [1.165, 1.54) is 24.3 Å². The summed E-state index contributed by atoms with van der Waals surface area (Å²) in [5.41, 5.74) is 0.497. The van der Waals surface area contributed by atoms with Crippen LogP contribution in [0.3, 0.4) is 0 Å². The number of nitrogens with one attached hydrogen (secondary N) is 1. The van der Waals surface area contributed by atoms with Gasteiger partial charge in [0.15, 0.2) is 0 Å². The number of hydrogen-bond acceptors (Lipinski definition) is 3. The fourth-order valence-corrected chi connectivity index (χ4v) is 2.63. The second-order valence-corrected chi connectivity index (χ2v) is 4.98. The topological polar surface area (TPSA) is 41.6 Å². The monoisotopic (exact) mass is 298 g/mol. The molecule has 0 aliphatic carbocycles. The molecule has 1 aliphatic rings. The number of carbonyl (C=O) groups excluding carboxylic acids is 1. The third-order valence-electron chi connectivity index (χ3n) is 3.68. The zero-order valence-electron chi connectivity index (χ0n) is 12.0. The number of alkyl halides is 2. The molecule has 1 saturated heterocycles. The predicted octanol–water partition coefficient (Wildman–Crippen LogP) is 2.50. The molecule has 4 nitrogen and oxygen atoms in total. The van der Waals surface area contributed by atoms with Crippen molar-refractivity contribution < 1.29 is 18.3 Å². The van der Waals surface area contributed by atoms with Crippen LogP contribution in [0.25, 0.3) is 0 Å². The Hall–Kier alpha value is -1.69. The molecule has 0 spiro atoms. The summed E-state index contributed by atoms with van der Waals surface area (Å²) in [6.07, 6.45) is 1.87. The second kappa shape index (κ2) is 7.36. The first-order valence-corrected chi connectivity index (χ1v) is 7.18. The fourth-order valence-electron chi connectivity index (χ4n) is 2.63. The van der Waals surface area contributed by atoms with Gasteiger partial charge in [0.1, 0.15) is 5.75 Å². The SMILES string of the molecule is CCN(C(=O)c1ccc(OC(F)F)cc1)C1CCNCC1. The summed E-state index contributed by atoms with van der Waals surface area (Å²) in [5, 5.41) is 3.27. The Bertz CT molecular complexity index is 459. The lowest BCUT2D eigenvalue weighted by Gasteiger charge is -2.34. The number of hydrogen-bond donors (Lipinski definition) is 1. The van der Waals surface area contributed by atoms with E-state index in [2.05, 4.69) is 10.1 Å². The van der Waals surface area contributed by atoms with Crippen LogP contribution in [0.2, 0.25) is 0 Å². The van der Waals surface area contributed by atoms with Crippen molar-refractivity contribution >= 4 is 5.91 Å². The van der Waals surface area contributed by atoms with Crippen molar-refractivity contribution in [3.8, 4) is 5.75 Å². The molecule has 1 amide bonds. The highest BCUT2D eigenvalue weighted by Crippen LogP contribution is 2.19.